The number of thiazole rings is 1. The molecule has 0 atom stereocenters. The van der Waals surface area contributed by atoms with Crippen molar-refractivity contribution in [2.75, 3.05) is 6.54 Å². The minimum Gasteiger partial charge on any atom is -0.475 e. The fraction of sp³-hybridized carbons (Fsp3) is 0.312. The highest BCUT2D eigenvalue weighted by Crippen LogP contribution is 2.25. The molecule has 0 fully saturated rings. The van der Waals surface area contributed by atoms with Crippen molar-refractivity contribution in [2.45, 2.75) is 25.8 Å². The molecular formula is C16H15F3N4O3S. The average molecular weight is 400 g/mol. The van der Waals surface area contributed by atoms with Crippen LogP contribution in [-0.4, -0.2) is 43.2 Å². The summed E-state index contributed by atoms with van der Waals surface area (Å²) in [5, 5.41) is 10.3. The van der Waals surface area contributed by atoms with Gasteiger partial charge < -0.3 is 14.1 Å². The topological polar surface area (TPSA) is 84.4 Å². The summed E-state index contributed by atoms with van der Waals surface area (Å²) in [6.07, 6.45) is 0.383. The van der Waals surface area contributed by atoms with Crippen LogP contribution in [0, 0.1) is 0 Å². The van der Waals surface area contributed by atoms with Crippen molar-refractivity contribution < 1.29 is 27.5 Å². The molecule has 4 rings (SSSR count). The number of imidazole rings is 1. The average Bonchev–Trinajstić information content (AvgIpc) is 3.35. The van der Waals surface area contributed by atoms with E-state index in [4.69, 9.17) is 14.3 Å². The van der Waals surface area contributed by atoms with E-state index in [0.29, 0.717) is 0 Å². The number of nitrogens with zero attached hydrogens (tertiary/aromatic N) is 4. The third kappa shape index (κ3) is 4.74. The lowest BCUT2D eigenvalue weighted by Crippen LogP contribution is -2.33. The molecule has 27 heavy (non-hydrogen) atoms. The first-order chi connectivity index (χ1) is 12.8. The van der Waals surface area contributed by atoms with Crippen LogP contribution < -0.4 is 0 Å². The zero-order chi connectivity index (χ0) is 19.4. The normalized spacial score (nSPS) is 14.3. The highest BCUT2D eigenvalue weighted by molar-refractivity contribution is 7.09. The van der Waals surface area contributed by atoms with Crippen molar-refractivity contribution in [1.29, 1.82) is 0 Å². The van der Waals surface area contributed by atoms with Gasteiger partial charge in [-0.1, -0.05) is 0 Å². The molecule has 3 aromatic heterocycles. The zero-order valence-corrected chi connectivity index (χ0v) is 14.7. The van der Waals surface area contributed by atoms with Crippen molar-refractivity contribution in [3.63, 3.8) is 0 Å². The quantitative estimate of drug-likeness (QED) is 0.727. The van der Waals surface area contributed by atoms with Gasteiger partial charge in [0.25, 0.3) is 0 Å². The second-order valence-electron chi connectivity index (χ2n) is 5.63. The number of halogens is 3. The Morgan fingerprint density at radius 2 is 2.11 bits per heavy atom. The lowest BCUT2D eigenvalue weighted by Gasteiger charge is -2.27. The summed E-state index contributed by atoms with van der Waals surface area (Å²) in [6.45, 7) is 3.72. The monoisotopic (exact) mass is 400 g/mol. The number of hydrogen-bond acceptors (Lipinski definition) is 6. The van der Waals surface area contributed by atoms with Crippen molar-refractivity contribution in [2.24, 2.45) is 0 Å². The van der Waals surface area contributed by atoms with Gasteiger partial charge in [0.1, 0.15) is 16.5 Å². The lowest BCUT2D eigenvalue weighted by molar-refractivity contribution is -0.192. The standard InChI is InChI=1S/C14H14N4OS.C2HF3O2/c1-2-12(19-6-1)11-8-16-13-9-17(4-5-18(11)13)10-14-15-3-7-20-14;3-2(4,5)1(6)7/h1-3,6-8H,4-5,9-10H2;(H,6,7). The van der Waals surface area contributed by atoms with Gasteiger partial charge in [-0.2, -0.15) is 13.2 Å². The predicted octanol–water partition coefficient (Wildman–Crippen LogP) is 3.25. The van der Waals surface area contributed by atoms with E-state index in [9.17, 15) is 13.2 Å². The summed E-state index contributed by atoms with van der Waals surface area (Å²) >= 11 is 1.71. The van der Waals surface area contributed by atoms with Crippen molar-refractivity contribution >= 4 is 17.3 Å². The van der Waals surface area contributed by atoms with Crippen molar-refractivity contribution in [3.8, 4) is 11.5 Å². The maximum atomic E-state index is 10.6. The van der Waals surface area contributed by atoms with Gasteiger partial charge in [0.05, 0.1) is 25.5 Å². The Kier molecular flexibility index (Phi) is 5.61. The van der Waals surface area contributed by atoms with Crippen LogP contribution in [0.15, 0.2) is 40.6 Å². The summed E-state index contributed by atoms with van der Waals surface area (Å²) < 4.78 is 39.5. The van der Waals surface area contributed by atoms with Crippen LogP contribution in [0.2, 0.25) is 0 Å². The molecule has 0 saturated carbocycles. The molecule has 0 aromatic carbocycles. The highest BCUT2D eigenvalue weighted by atomic mass is 32.1. The Morgan fingerprint density at radius 3 is 2.70 bits per heavy atom. The summed E-state index contributed by atoms with van der Waals surface area (Å²) in [5.74, 6) is -0.774. The molecule has 0 aliphatic carbocycles. The largest absolute Gasteiger partial charge is 0.490 e. The minimum atomic E-state index is -5.08. The van der Waals surface area contributed by atoms with E-state index in [1.54, 1.807) is 17.6 Å². The van der Waals surface area contributed by atoms with Gasteiger partial charge in [-0.05, 0) is 12.1 Å². The molecule has 0 unspecified atom stereocenters. The van der Waals surface area contributed by atoms with Gasteiger partial charge in [-0.15, -0.1) is 11.3 Å². The maximum Gasteiger partial charge on any atom is 0.490 e. The van der Waals surface area contributed by atoms with Gasteiger partial charge in [0.2, 0.25) is 0 Å². The van der Waals surface area contributed by atoms with E-state index in [2.05, 4.69) is 19.4 Å². The van der Waals surface area contributed by atoms with Crippen LogP contribution in [-0.2, 0) is 24.4 Å². The molecule has 1 aliphatic rings. The molecule has 0 saturated heterocycles. The van der Waals surface area contributed by atoms with Crippen molar-refractivity contribution in [3.05, 3.63) is 47.0 Å². The van der Waals surface area contributed by atoms with Crippen LogP contribution in [0.3, 0.4) is 0 Å². The Balaban J connectivity index is 0.000000260. The first-order valence-corrected chi connectivity index (χ1v) is 8.71. The summed E-state index contributed by atoms with van der Waals surface area (Å²) in [6, 6.07) is 3.89. The number of furan rings is 1. The third-order valence-corrected chi connectivity index (χ3v) is 4.57. The number of rotatable bonds is 3. The second-order valence-corrected chi connectivity index (χ2v) is 6.61. The molecule has 1 N–H and O–H groups in total. The maximum absolute atomic E-state index is 10.6. The van der Waals surface area contributed by atoms with Crippen LogP contribution >= 0.6 is 11.3 Å². The number of aromatic nitrogens is 3. The zero-order valence-electron chi connectivity index (χ0n) is 13.9. The first kappa shape index (κ1) is 19.1. The molecule has 4 heterocycles. The van der Waals surface area contributed by atoms with E-state index in [1.807, 2.05) is 29.9 Å². The number of carbonyl (C=O) groups is 1. The molecule has 1 aliphatic heterocycles. The highest BCUT2D eigenvalue weighted by Gasteiger charge is 2.38. The van der Waals surface area contributed by atoms with Gasteiger partial charge in [0, 0.05) is 24.7 Å². The number of hydrogen-bond donors (Lipinski definition) is 1. The van der Waals surface area contributed by atoms with Crippen LogP contribution in [0.5, 0.6) is 0 Å². The molecular weight excluding hydrogens is 385 g/mol. The molecule has 3 aromatic rings. The molecule has 0 radical (unpaired) electrons. The number of carboxylic acids is 1. The van der Waals surface area contributed by atoms with Gasteiger partial charge in [0.15, 0.2) is 5.76 Å². The van der Waals surface area contributed by atoms with Crippen LogP contribution in [0.1, 0.15) is 10.8 Å². The van der Waals surface area contributed by atoms with E-state index < -0.39 is 12.1 Å². The number of fused-ring (bicyclic) bond motifs is 1. The molecule has 144 valence electrons. The SMILES string of the molecule is O=C(O)C(F)(F)F.c1coc(-c2cnc3n2CCN(Cc2nccs2)C3)c1. The third-order valence-electron chi connectivity index (χ3n) is 3.80. The number of alkyl halides is 3. The van der Waals surface area contributed by atoms with E-state index in [0.717, 1.165) is 48.5 Å². The van der Waals surface area contributed by atoms with Crippen LogP contribution in [0.25, 0.3) is 11.5 Å². The lowest BCUT2D eigenvalue weighted by atomic mass is 10.3. The number of aliphatic carboxylic acids is 1. The Bertz CT molecular complexity index is 876. The Morgan fingerprint density at radius 1 is 1.33 bits per heavy atom. The van der Waals surface area contributed by atoms with Gasteiger partial charge in [-0.3, -0.25) is 4.90 Å². The fourth-order valence-electron chi connectivity index (χ4n) is 2.59. The Hall–Kier alpha value is -2.66. The molecule has 11 heteroatoms. The fourth-order valence-corrected chi connectivity index (χ4v) is 3.25. The van der Waals surface area contributed by atoms with E-state index >= 15 is 0 Å². The molecule has 0 amide bonds. The number of carboxylic acid groups (broad SMARTS) is 1. The smallest absolute Gasteiger partial charge is 0.475 e. The van der Waals surface area contributed by atoms with E-state index in [1.165, 1.54) is 0 Å². The van der Waals surface area contributed by atoms with Gasteiger partial charge >= 0.3 is 12.1 Å². The van der Waals surface area contributed by atoms with Gasteiger partial charge in [-0.25, -0.2) is 14.8 Å². The predicted molar refractivity (Wildman–Crippen MR) is 89.8 cm³/mol. The minimum absolute atomic E-state index is 0.861. The summed E-state index contributed by atoms with van der Waals surface area (Å²) in [5.41, 5.74) is 1.07. The molecule has 7 nitrogen and oxygen atoms in total. The summed E-state index contributed by atoms with van der Waals surface area (Å²) in [7, 11) is 0. The van der Waals surface area contributed by atoms with Crippen LogP contribution in [0.4, 0.5) is 13.2 Å². The Labute approximate surface area is 155 Å². The van der Waals surface area contributed by atoms with E-state index in [-0.39, 0.29) is 0 Å². The van der Waals surface area contributed by atoms with Crippen molar-refractivity contribution in [1.82, 2.24) is 19.4 Å². The summed E-state index contributed by atoms with van der Waals surface area (Å²) in [4.78, 5) is 20.2. The molecule has 0 spiro atoms. The first-order valence-electron chi connectivity index (χ1n) is 7.83. The molecule has 0 bridgehead atoms. The second kappa shape index (κ2) is 7.92.